The monoisotopic (exact) mass is 228 g/mol. The predicted octanol–water partition coefficient (Wildman–Crippen LogP) is 1.14. The topological polar surface area (TPSA) is 55.6 Å². The van der Waals surface area contributed by atoms with Crippen molar-refractivity contribution >= 4 is 5.97 Å². The largest absolute Gasteiger partial charge is 0.459 e. The minimum absolute atomic E-state index is 0.293. The molecule has 94 valence electrons. The smallest absolute Gasteiger partial charge is 0.324 e. The van der Waals surface area contributed by atoms with Gasteiger partial charge in [-0.25, -0.2) is 0 Å². The molecule has 2 N–H and O–H groups in total. The molecule has 4 nitrogen and oxygen atoms in total. The fourth-order valence-electron chi connectivity index (χ4n) is 1.87. The number of likely N-dealkylation sites (tertiary alicyclic amines) is 1. The molecule has 1 unspecified atom stereocenters. The summed E-state index contributed by atoms with van der Waals surface area (Å²) in [4.78, 5) is 13.9. The van der Waals surface area contributed by atoms with Crippen LogP contribution in [0.4, 0.5) is 0 Å². The van der Waals surface area contributed by atoms with Crippen LogP contribution in [0.3, 0.4) is 0 Å². The van der Waals surface area contributed by atoms with Gasteiger partial charge in [-0.3, -0.25) is 4.79 Å². The Labute approximate surface area is 98.1 Å². The van der Waals surface area contributed by atoms with E-state index in [-0.39, 0.29) is 5.97 Å². The maximum atomic E-state index is 11.7. The van der Waals surface area contributed by atoms with Gasteiger partial charge in [0.25, 0.3) is 0 Å². The molecule has 0 amide bonds. The molecule has 1 aliphatic rings. The van der Waals surface area contributed by atoms with E-state index in [1.54, 1.807) is 0 Å². The summed E-state index contributed by atoms with van der Waals surface area (Å²) in [6.07, 6.45) is 3.71. The second-order valence-electron chi connectivity index (χ2n) is 5.50. The van der Waals surface area contributed by atoms with Crippen LogP contribution >= 0.6 is 0 Å². The highest BCUT2D eigenvalue weighted by molar-refractivity contribution is 5.76. The van der Waals surface area contributed by atoms with Crippen molar-refractivity contribution in [2.75, 3.05) is 19.6 Å². The first-order chi connectivity index (χ1) is 7.38. The fourth-order valence-corrected chi connectivity index (χ4v) is 1.87. The summed E-state index contributed by atoms with van der Waals surface area (Å²) in [7, 11) is 0. The second-order valence-corrected chi connectivity index (χ2v) is 5.50. The lowest BCUT2D eigenvalue weighted by molar-refractivity contribution is -0.157. The number of carbonyl (C=O) groups is 1. The Morgan fingerprint density at radius 1 is 1.31 bits per heavy atom. The number of esters is 1. The van der Waals surface area contributed by atoms with Gasteiger partial charge in [0.2, 0.25) is 0 Å². The van der Waals surface area contributed by atoms with E-state index in [1.807, 2.05) is 20.8 Å². The Kier molecular flexibility index (Phi) is 4.74. The Balaban J connectivity index is 2.33. The van der Waals surface area contributed by atoms with E-state index < -0.39 is 11.6 Å². The average Bonchev–Trinajstić information content (AvgIpc) is 2.16. The van der Waals surface area contributed by atoms with Gasteiger partial charge in [0.1, 0.15) is 11.6 Å². The zero-order valence-corrected chi connectivity index (χ0v) is 10.7. The number of nitrogens with zero attached hydrogens (tertiary/aromatic N) is 1. The van der Waals surface area contributed by atoms with Gasteiger partial charge >= 0.3 is 5.97 Å². The van der Waals surface area contributed by atoms with Crippen molar-refractivity contribution in [2.24, 2.45) is 5.73 Å². The van der Waals surface area contributed by atoms with Crippen LogP contribution in [0.1, 0.15) is 40.0 Å². The molecule has 0 bridgehead atoms. The number of hydrogen-bond acceptors (Lipinski definition) is 4. The number of carbonyl (C=O) groups excluding carboxylic acids is 1. The highest BCUT2D eigenvalue weighted by Gasteiger charge is 2.24. The second kappa shape index (κ2) is 5.64. The van der Waals surface area contributed by atoms with Gasteiger partial charge in [-0.15, -0.1) is 0 Å². The summed E-state index contributed by atoms with van der Waals surface area (Å²) in [5.74, 6) is -0.293. The van der Waals surface area contributed by atoms with Gasteiger partial charge in [-0.1, -0.05) is 6.42 Å². The molecule has 0 saturated carbocycles. The average molecular weight is 228 g/mol. The number of hydrogen-bond donors (Lipinski definition) is 1. The van der Waals surface area contributed by atoms with Gasteiger partial charge in [-0.05, 0) is 46.7 Å². The SMILES string of the molecule is CC(C)(C)OC(=O)C(N)CN1CCCCC1. The third-order valence-corrected chi connectivity index (χ3v) is 2.61. The molecule has 1 atom stereocenters. The number of piperidine rings is 1. The maximum absolute atomic E-state index is 11.7. The molecule has 0 aromatic carbocycles. The van der Waals surface area contributed by atoms with E-state index in [1.165, 1.54) is 19.3 Å². The van der Waals surface area contributed by atoms with Crippen LogP contribution in [0.15, 0.2) is 0 Å². The van der Waals surface area contributed by atoms with E-state index in [0.29, 0.717) is 6.54 Å². The van der Waals surface area contributed by atoms with Crippen LogP contribution in [0.25, 0.3) is 0 Å². The number of ether oxygens (including phenoxy) is 1. The number of rotatable bonds is 3. The van der Waals surface area contributed by atoms with Crippen LogP contribution in [0, 0.1) is 0 Å². The molecule has 0 radical (unpaired) electrons. The number of nitrogens with two attached hydrogens (primary N) is 1. The van der Waals surface area contributed by atoms with Crippen molar-refractivity contribution in [3.8, 4) is 0 Å². The molecule has 16 heavy (non-hydrogen) atoms. The summed E-state index contributed by atoms with van der Waals surface area (Å²) in [6, 6.07) is -0.516. The Morgan fingerprint density at radius 2 is 1.88 bits per heavy atom. The Bertz CT molecular complexity index is 230. The van der Waals surface area contributed by atoms with Gasteiger partial charge < -0.3 is 15.4 Å². The van der Waals surface area contributed by atoms with Crippen molar-refractivity contribution in [3.63, 3.8) is 0 Å². The third kappa shape index (κ3) is 4.94. The molecule has 0 spiro atoms. The van der Waals surface area contributed by atoms with Gasteiger partial charge in [0, 0.05) is 6.54 Å². The van der Waals surface area contributed by atoms with E-state index in [9.17, 15) is 4.79 Å². The highest BCUT2D eigenvalue weighted by Crippen LogP contribution is 2.11. The van der Waals surface area contributed by atoms with Crippen LogP contribution in [-0.2, 0) is 9.53 Å². The maximum Gasteiger partial charge on any atom is 0.324 e. The zero-order chi connectivity index (χ0) is 12.2. The van der Waals surface area contributed by atoms with Crippen LogP contribution in [-0.4, -0.2) is 42.1 Å². The first-order valence-corrected chi connectivity index (χ1v) is 6.09. The molecule has 1 aliphatic heterocycles. The zero-order valence-electron chi connectivity index (χ0n) is 10.7. The Hall–Kier alpha value is -0.610. The molecule has 1 heterocycles. The molecule has 4 heteroatoms. The molecule has 1 fully saturated rings. The van der Waals surface area contributed by atoms with Crippen molar-refractivity contribution in [1.29, 1.82) is 0 Å². The van der Waals surface area contributed by atoms with E-state index >= 15 is 0 Å². The molecule has 1 saturated heterocycles. The van der Waals surface area contributed by atoms with E-state index in [2.05, 4.69) is 4.90 Å². The molecule has 1 rings (SSSR count). The highest BCUT2D eigenvalue weighted by atomic mass is 16.6. The van der Waals surface area contributed by atoms with Crippen LogP contribution in [0.2, 0.25) is 0 Å². The third-order valence-electron chi connectivity index (χ3n) is 2.61. The standard InChI is InChI=1S/C12H24N2O2/c1-12(2,3)16-11(15)10(13)9-14-7-5-4-6-8-14/h10H,4-9,13H2,1-3H3. The molecule has 0 aromatic heterocycles. The van der Waals surface area contributed by atoms with Crippen LogP contribution in [0.5, 0.6) is 0 Å². The van der Waals surface area contributed by atoms with Gasteiger partial charge in [0.15, 0.2) is 0 Å². The summed E-state index contributed by atoms with van der Waals surface area (Å²) >= 11 is 0. The first-order valence-electron chi connectivity index (χ1n) is 6.09. The Morgan fingerprint density at radius 3 is 2.38 bits per heavy atom. The minimum atomic E-state index is -0.516. The fraction of sp³-hybridized carbons (Fsp3) is 0.917. The predicted molar refractivity (Wildman–Crippen MR) is 64.1 cm³/mol. The van der Waals surface area contributed by atoms with Crippen molar-refractivity contribution in [3.05, 3.63) is 0 Å². The lowest BCUT2D eigenvalue weighted by Gasteiger charge is -2.29. The van der Waals surface area contributed by atoms with E-state index in [4.69, 9.17) is 10.5 Å². The van der Waals surface area contributed by atoms with Crippen molar-refractivity contribution in [1.82, 2.24) is 4.90 Å². The summed E-state index contributed by atoms with van der Waals surface area (Å²) in [6.45, 7) is 8.30. The summed E-state index contributed by atoms with van der Waals surface area (Å²) in [5.41, 5.74) is 5.39. The van der Waals surface area contributed by atoms with Crippen LogP contribution < -0.4 is 5.73 Å². The van der Waals surface area contributed by atoms with E-state index in [0.717, 1.165) is 13.1 Å². The first kappa shape index (κ1) is 13.5. The molecular weight excluding hydrogens is 204 g/mol. The van der Waals surface area contributed by atoms with Gasteiger partial charge in [-0.2, -0.15) is 0 Å². The minimum Gasteiger partial charge on any atom is -0.459 e. The lowest BCUT2D eigenvalue weighted by atomic mass is 10.1. The molecular formula is C12H24N2O2. The molecule has 0 aliphatic carbocycles. The quantitative estimate of drug-likeness (QED) is 0.736. The molecule has 0 aromatic rings. The summed E-state index contributed by atoms with van der Waals surface area (Å²) < 4.78 is 5.25. The van der Waals surface area contributed by atoms with Gasteiger partial charge in [0.05, 0.1) is 0 Å². The van der Waals surface area contributed by atoms with Crippen molar-refractivity contribution < 1.29 is 9.53 Å². The normalized spacial score (nSPS) is 20.5. The van der Waals surface area contributed by atoms with Crippen molar-refractivity contribution in [2.45, 2.75) is 51.7 Å². The lowest BCUT2D eigenvalue weighted by Crippen LogP contribution is -2.46. The summed E-state index contributed by atoms with van der Waals surface area (Å²) in [5, 5.41) is 0.